The number of amides is 1. The molecule has 4 rings (SSSR count). The second kappa shape index (κ2) is 6.02. The molecular formula is C17H22N2O4. The lowest BCUT2D eigenvalue weighted by Crippen LogP contribution is -2.53. The number of piperazine rings is 1. The third-order valence-corrected chi connectivity index (χ3v) is 5.13. The highest BCUT2D eigenvalue weighted by Crippen LogP contribution is 2.33. The maximum absolute atomic E-state index is 12.7. The van der Waals surface area contributed by atoms with Gasteiger partial charge in [0.05, 0.1) is 6.10 Å². The minimum atomic E-state index is -0.203. The summed E-state index contributed by atoms with van der Waals surface area (Å²) in [4.78, 5) is 16.9. The zero-order valence-corrected chi connectivity index (χ0v) is 13.1. The summed E-state index contributed by atoms with van der Waals surface area (Å²) in [6, 6.07) is 5.62. The topological polar surface area (TPSA) is 62.2 Å². The SMILES string of the molecule is O=C(c1ccc2c(c1)OCO2)N1CCN(C2CCCC2O)CC1. The molecule has 2 fully saturated rings. The third kappa shape index (κ3) is 2.77. The standard InChI is InChI=1S/C17H22N2O4/c20-14-3-1-2-13(14)18-6-8-19(9-7-18)17(21)12-4-5-15-16(10-12)23-11-22-15/h4-5,10,13-14,20H,1-3,6-9,11H2. The Morgan fingerprint density at radius 3 is 2.61 bits per heavy atom. The summed E-state index contributed by atoms with van der Waals surface area (Å²) in [5.74, 6) is 1.38. The number of benzene rings is 1. The quantitative estimate of drug-likeness (QED) is 0.884. The minimum Gasteiger partial charge on any atom is -0.454 e. The van der Waals surface area contributed by atoms with Crippen LogP contribution in [0.4, 0.5) is 0 Å². The molecule has 6 heteroatoms. The first kappa shape index (κ1) is 14.8. The van der Waals surface area contributed by atoms with Crippen molar-refractivity contribution in [2.24, 2.45) is 0 Å². The molecule has 0 spiro atoms. The molecule has 1 aromatic carbocycles. The number of aliphatic hydroxyl groups excluding tert-OH is 1. The van der Waals surface area contributed by atoms with E-state index in [9.17, 15) is 9.90 Å². The molecule has 124 valence electrons. The van der Waals surface area contributed by atoms with E-state index in [4.69, 9.17) is 9.47 Å². The smallest absolute Gasteiger partial charge is 0.254 e. The highest BCUT2D eigenvalue weighted by Gasteiger charge is 2.33. The van der Waals surface area contributed by atoms with Crippen LogP contribution in [0.15, 0.2) is 18.2 Å². The van der Waals surface area contributed by atoms with E-state index in [0.29, 0.717) is 30.2 Å². The number of carbonyl (C=O) groups is 1. The zero-order valence-electron chi connectivity index (χ0n) is 13.1. The van der Waals surface area contributed by atoms with Gasteiger partial charge < -0.3 is 19.5 Å². The van der Waals surface area contributed by atoms with Crippen LogP contribution in [-0.2, 0) is 0 Å². The molecule has 0 aromatic heterocycles. The highest BCUT2D eigenvalue weighted by molar-refractivity contribution is 5.95. The Morgan fingerprint density at radius 2 is 1.87 bits per heavy atom. The first-order chi connectivity index (χ1) is 11.2. The number of aliphatic hydroxyl groups is 1. The predicted molar refractivity (Wildman–Crippen MR) is 83.7 cm³/mol. The number of nitrogens with zero attached hydrogens (tertiary/aromatic N) is 2. The molecule has 2 aliphatic heterocycles. The Hall–Kier alpha value is -1.79. The molecule has 0 bridgehead atoms. The van der Waals surface area contributed by atoms with Crippen LogP contribution in [-0.4, -0.2) is 65.9 Å². The van der Waals surface area contributed by atoms with Crippen LogP contribution in [0.5, 0.6) is 11.5 Å². The van der Waals surface area contributed by atoms with Crippen molar-refractivity contribution in [3.63, 3.8) is 0 Å². The van der Waals surface area contributed by atoms with Crippen LogP contribution in [0.2, 0.25) is 0 Å². The second-order valence-corrected chi connectivity index (χ2v) is 6.46. The van der Waals surface area contributed by atoms with Crippen molar-refractivity contribution in [1.82, 2.24) is 9.80 Å². The maximum Gasteiger partial charge on any atom is 0.254 e. The molecule has 2 atom stereocenters. The van der Waals surface area contributed by atoms with Crippen LogP contribution in [0.3, 0.4) is 0 Å². The molecular weight excluding hydrogens is 296 g/mol. The molecule has 6 nitrogen and oxygen atoms in total. The average molecular weight is 318 g/mol. The molecule has 1 saturated heterocycles. The van der Waals surface area contributed by atoms with E-state index in [1.165, 1.54) is 0 Å². The first-order valence-electron chi connectivity index (χ1n) is 8.33. The van der Waals surface area contributed by atoms with Gasteiger partial charge in [-0.1, -0.05) is 0 Å². The van der Waals surface area contributed by atoms with Gasteiger partial charge in [-0.25, -0.2) is 0 Å². The van der Waals surface area contributed by atoms with E-state index in [-0.39, 0.29) is 24.8 Å². The van der Waals surface area contributed by atoms with E-state index < -0.39 is 0 Å². The van der Waals surface area contributed by atoms with Crippen LogP contribution in [0, 0.1) is 0 Å². The lowest BCUT2D eigenvalue weighted by Gasteiger charge is -2.39. The summed E-state index contributed by atoms with van der Waals surface area (Å²) < 4.78 is 10.6. The Bertz CT molecular complexity index is 598. The number of rotatable bonds is 2. The molecule has 3 aliphatic rings. The molecule has 1 saturated carbocycles. The number of ether oxygens (including phenoxy) is 2. The Labute approximate surface area is 135 Å². The predicted octanol–water partition coefficient (Wildman–Crippen LogP) is 1.09. The van der Waals surface area contributed by atoms with Gasteiger partial charge in [0, 0.05) is 37.8 Å². The molecule has 2 unspecified atom stereocenters. The normalized spacial score (nSPS) is 27.4. The van der Waals surface area contributed by atoms with E-state index in [2.05, 4.69) is 4.90 Å². The van der Waals surface area contributed by atoms with Crippen LogP contribution < -0.4 is 9.47 Å². The fourth-order valence-electron chi connectivity index (χ4n) is 3.82. The third-order valence-electron chi connectivity index (χ3n) is 5.13. The van der Waals surface area contributed by atoms with Gasteiger partial charge in [-0.2, -0.15) is 0 Å². The molecule has 1 aromatic rings. The largest absolute Gasteiger partial charge is 0.454 e. The summed E-state index contributed by atoms with van der Waals surface area (Å²) in [5.41, 5.74) is 0.642. The van der Waals surface area contributed by atoms with Gasteiger partial charge in [-0.3, -0.25) is 9.69 Å². The average Bonchev–Trinajstić information content (AvgIpc) is 3.22. The van der Waals surface area contributed by atoms with Crippen molar-refractivity contribution in [1.29, 1.82) is 0 Å². The van der Waals surface area contributed by atoms with E-state index in [1.54, 1.807) is 18.2 Å². The van der Waals surface area contributed by atoms with Crippen molar-refractivity contribution >= 4 is 5.91 Å². The number of fused-ring (bicyclic) bond motifs is 1. The molecule has 1 amide bonds. The summed E-state index contributed by atoms with van der Waals surface area (Å²) in [7, 11) is 0. The summed E-state index contributed by atoms with van der Waals surface area (Å²) in [6.07, 6.45) is 2.87. The van der Waals surface area contributed by atoms with E-state index in [1.807, 2.05) is 4.90 Å². The monoisotopic (exact) mass is 318 g/mol. The van der Waals surface area contributed by atoms with Gasteiger partial charge in [0.25, 0.3) is 5.91 Å². The summed E-state index contributed by atoms with van der Waals surface area (Å²) in [5, 5.41) is 10.0. The molecule has 2 heterocycles. The Balaban J connectivity index is 1.39. The van der Waals surface area contributed by atoms with Crippen LogP contribution in [0.25, 0.3) is 0 Å². The fourth-order valence-corrected chi connectivity index (χ4v) is 3.82. The van der Waals surface area contributed by atoms with Crippen LogP contribution in [0.1, 0.15) is 29.6 Å². The Kier molecular flexibility index (Phi) is 3.87. The second-order valence-electron chi connectivity index (χ2n) is 6.46. The maximum atomic E-state index is 12.7. The van der Waals surface area contributed by atoms with Crippen LogP contribution >= 0.6 is 0 Å². The van der Waals surface area contributed by atoms with Gasteiger partial charge in [0.2, 0.25) is 6.79 Å². The van der Waals surface area contributed by atoms with Gasteiger partial charge in [-0.05, 0) is 37.5 Å². The fraction of sp³-hybridized carbons (Fsp3) is 0.588. The van der Waals surface area contributed by atoms with Gasteiger partial charge in [-0.15, -0.1) is 0 Å². The van der Waals surface area contributed by atoms with Crippen molar-refractivity contribution in [3.05, 3.63) is 23.8 Å². The zero-order chi connectivity index (χ0) is 15.8. The van der Waals surface area contributed by atoms with Crippen molar-refractivity contribution in [2.45, 2.75) is 31.4 Å². The van der Waals surface area contributed by atoms with Crippen molar-refractivity contribution in [3.8, 4) is 11.5 Å². The lowest BCUT2D eigenvalue weighted by atomic mass is 10.1. The minimum absolute atomic E-state index is 0.0370. The number of carbonyl (C=O) groups excluding carboxylic acids is 1. The number of hydrogen-bond acceptors (Lipinski definition) is 5. The van der Waals surface area contributed by atoms with E-state index >= 15 is 0 Å². The van der Waals surface area contributed by atoms with Gasteiger partial charge in [0.1, 0.15) is 0 Å². The lowest BCUT2D eigenvalue weighted by molar-refractivity contribution is 0.0315. The highest BCUT2D eigenvalue weighted by atomic mass is 16.7. The molecule has 23 heavy (non-hydrogen) atoms. The molecule has 0 radical (unpaired) electrons. The molecule has 1 aliphatic carbocycles. The Morgan fingerprint density at radius 1 is 1.09 bits per heavy atom. The van der Waals surface area contributed by atoms with Gasteiger partial charge in [0.15, 0.2) is 11.5 Å². The van der Waals surface area contributed by atoms with Crippen molar-refractivity contribution in [2.75, 3.05) is 33.0 Å². The summed E-state index contributed by atoms with van der Waals surface area (Å²) >= 11 is 0. The van der Waals surface area contributed by atoms with Gasteiger partial charge >= 0.3 is 0 Å². The molecule has 1 N–H and O–H groups in total. The van der Waals surface area contributed by atoms with Crippen molar-refractivity contribution < 1.29 is 19.4 Å². The summed E-state index contributed by atoms with van der Waals surface area (Å²) in [6.45, 7) is 3.29. The number of hydrogen-bond donors (Lipinski definition) is 1. The van der Waals surface area contributed by atoms with E-state index in [0.717, 1.165) is 32.4 Å². The first-order valence-corrected chi connectivity index (χ1v) is 8.33.